The lowest BCUT2D eigenvalue weighted by Crippen LogP contribution is -2.66. The van der Waals surface area contributed by atoms with Crippen LogP contribution in [-0.4, -0.2) is 77.3 Å². The van der Waals surface area contributed by atoms with Gasteiger partial charge in [0.15, 0.2) is 12.4 Å². The topological polar surface area (TPSA) is 170 Å². The van der Waals surface area contributed by atoms with Gasteiger partial charge in [0.25, 0.3) is 0 Å². The Balaban J connectivity index is 2.10. The van der Waals surface area contributed by atoms with Crippen molar-refractivity contribution in [3.63, 3.8) is 0 Å². The lowest BCUT2D eigenvalue weighted by atomic mass is 9.90. The van der Waals surface area contributed by atoms with E-state index in [4.69, 9.17) is 34.2 Å². The number of nitrogens with two attached hydrogens (primary N) is 1. The van der Waals surface area contributed by atoms with E-state index in [1.165, 1.54) is 20.8 Å². The van der Waals surface area contributed by atoms with Crippen LogP contribution in [-0.2, 0) is 54.2 Å². The number of hydrogen-bond acceptors (Lipinski definition) is 13. The third kappa shape index (κ3) is 10.0. The van der Waals surface area contributed by atoms with Crippen LogP contribution in [0.25, 0.3) is 0 Å². The lowest BCUT2D eigenvalue weighted by Gasteiger charge is -2.47. The maximum absolute atomic E-state index is 14.0. The average molecular weight is 620 g/mol. The Morgan fingerprint density at radius 3 is 2.16 bits per heavy atom. The summed E-state index contributed by atoms with van der Waals surface area (Å²) in [6, 6.07) is 16.7. The predicted molar refractivity (Wildman–Crippen MR) is 153 cm³/mol. The smallest absolute Gasteiger partial charge is 0.349 e. The second-order valence-electron chi connectivity index (χ2n) is 9.89. The molecule has 0 radical (unpaired) electrons. The summed E-state index contributed by atoms with van der Waals surface area (Å²) in [6.45, 7) is 4.27. The second-order valence-corrected chi connectivity index (χ2v) is 11.2. The zero-order chi connectivity index (χ0) is 31.6. The molecule has 3 rings (SSSR count). The molecule has 1 saturated heterocycles. The lowest BCUT2D eigenvalue weighted by molar-refractivity contribution is -0.237. The molecule has 1 fully saturated rings. The van der Waals surface area contributed by atoms with Gasteiger partial charge in [-0.05, 0) is 24.6 Å². The summed E-state index contributed by atoms with van der Waals surface area (Å²) in [5, 5.41) is 10.0. The van der Waals surface area contributed by atoms with Crippen molar-refractivity contribution in [3.05, 3.63) is 66.2 Å². The molecule has 1 heterocycles. The number of benzene rings is 2. The summed E-state index contributed by atoms with van der Waals surface area (Å²) in [5.41, 5.74) is 7.29. The highest BCUT2D eigenvalue weighted by Gasteiger charge is 2.57. The largest absolute Gasteiger partial charge is 0.463 e. The molecule has 1 aliphatic rings. The molecule has 3 N–H and O–H groups in total. The summed E-state index contributed by atoms with van der Waals surface area (Å²) >= 11 is 1.01. The fourth-order valence-corrected chi connectivity index (χ4v) is 5.76. The third-order valence-electron chi connectivity index (χ3n) is 6.29. The molecule has 0 aliphatic carbocycles. The van der Waals surface area contributed by atoms with Gasteiger partial charge in [0.05, 0.1) is 6.04 Å². The molecular formula is C30H37NO11S. The number of ether oxygens (including phenoxy) is 6. The molecular weight excluding hydrogens is 582 g/mol. The Morgan fingerprint density at radius 2 is 1.60 bits per heavy atom. The van der Waals surface area contributed by atoms with E-state index >= 15 is 0 Å². The van der Waals surface area contributed by atoms with Crippen LogP contribution >= 0.6 is 11.8 Å². The number of aliphatic hydroxyl groups is 1. The van der Waals surface area contributed by atoms with Crippen LogP contribution in [0.3, 0.4) is 0 Å². The predicted octanol–water partition coefficient (Wildman–Crippen LogP) is 2.48. The molecule has 3 unspecified atom stereocenters. The van der Waals surface area contributed by atoms with Gasteiger partial charge in [-0.15, -0.1) is 0 Å². The Labute approximate surface area is 254 Å². The zero-order valence-electron chi connectivity index (χ0n) is 24.4. The summed E-state index contributed by atoms with van der Waals surface area (Å²) < 4.78 is 34.1. The van der Waals surface area contributed by atoms with Crippen molar-refractivity contribution in [2.45, 2.75) is 87.3 Å². The highest BCUT2D eigenvalue weighted by atomic mass is 32.2. The molecule has 0 aromatic heterocycles. The van der Waals surface area contributed by atoms with Gasteiger partial charge in [-0.3, -0.25) is 14.4 Å². The molecule has 43 heavy (non-hydrogen) atoms. The molecule has 7 atom stereocenters. The molecule has 12 nitrogen and oxygen atoms in total. The highest BCUT2D eigenvalue weighted by Crippen LogP contribution is 2.45. The van der Waals surface area contributed by atoms with E-state index in [9.17, 15) is 24.3 Å². The number of carbonyl (C=O) groups excluding carboxylic acids is 4. The van der Waals surface area contributed by atoms with Gasteiger partial charge in [-0.1, -0.05) is 60.3 Å². The monoisotopic (exact) mass is 619 g/mol. The van der Waals surface area contributed by atoms with Gasteiger partial charge in [0.1, 0.15) is 31.5 Å². The molecule has 234 valence electrons. The van der Waals surface area contributed by atoms with Gasteiger partial charge >= 0.3 is 23.9 Å². The van der Waals surface area contributed by atoms with Crippen LogP contribution in [0.4, 0.5) is 0 Å². The maximum Gasteiger partial charge on any atom is 0.349 e. The number of aliphatic hydroxyl groups excluding tert-OH is 1. The number of hydrogen-bond donors (Lipinski definition) is 2. The summed E-state index contributed by atoms with van der Waals surface area (Å²) in [5.74, 6) is -2.90. The van der Waals surface area contributed by atoms with Gasteiger partial charge in [-0.2, -0.15) is 0 Å². The molecule has 0 amide bonds. The Morgan fingerprint density at radius 1 is 0.977 bits per heavy atom. The quantitative estimate of drug-likeness (QED) is 0.191. The van der Waals surface area contributed by atoms with Crippen molar-refractivity contribution >= 4 is 35.6 Å². The van der Waals surface area contributed by atoms with Gasteiger partial charge in [-0.25, -0.2) is 4.79 Å². The van der Waals surface area contributed by atoms with Crippen molar-refractivity contribution in [1.29, 1.82) is 0 Å². The zero-order valence-corrected chi connectivity index (χ0v) is 25.2. The van der Waals surface area contributed by atoms with Crippen LogP contribution in [0.1, 0.15) is 39.7 Å². The van der Waals surface area contributed by atoms with Crippen LogP contribution < -0.4 is 5.73 Å². The Bertz CT molecular complexity index is 1230. The summed E-state index contributed by atoms with van der Waals surface area (Å²) in [4.78, 5) is 48.9. The fourth-order valence-electron chi connectivity index (χ4n) is 4.54. The molecule has 0 bridgehead atoms. The van der Waals surface area contributed by atoms with E-state index in [-0.39, 0.29) is 13.0 Å². The number of thioether (sulfide) groups is 1. The van der Waals surface area contributed by atoms with Crippen molar-refractivity contribution in [2.24, 2.45) is 5.73 Å². The summed E-state index contributed by atoms with van der Waals surface area (Å²) in [6.07, 6.45) is -6.81. The Kier molecular flexibility index (Phi) is 12.5. The van der Waals surface area contributed by atoms with E-state index in [0.29, 0.717) is 4.90 Å². The van der Waals surface area contributed by atoms with E-state index in [2.05, 4.69) is 0 Å². The van der Waals surface area contributed by atoms with Crippen molar-refractivity contribution in [3.8, 4) is 0 Å². The van der Waals surface area contributed by atoms with Crippen molar-refractivity contribution in [1.82, 2.24) is 0 Å². The fraction of sp³-hybridized carbons (Fsp3) is 0.467. The molecule has 2 aromatic rings. The molecule has 0 spiro atoms. The van der Waals surface area contributed by atoms with Gasteiger partial charge < -0.3 is 39.3 Å². The van der Waals surface area contributed by atoms with E-state index in [0.717, 1.165) is 24.2 Å². The Hall–Kier alpha value is -3.49. The first-order valence-electron chi connectivity index (χ1n) is 13.6. The van der Waals surface area contributed by atoms with E-state index in [1.54, 1.807) is 54.6 Å². The van der Waals surface area contributed by atoms with E-state index in [1.807, 2.05) is 6.07 Å². The first kappa shape index (κ1) is 34.0. The minimum Gasteiger partial charge on any atom is -0.463 e. The molecule has 1 aliphatic heterocycles. The van der Waals surface area contributed by atoms with Crippen molar-refractivity contribution < 1.29 is 52.7 Å². The minimum absolute atomic E-state index is 0.0807. The summed E-state index contributed by atoms with van der Waals surface area (Å²) in [7, 11) is 0. The molecule has 0 saturated carbocycles. The third-order valence-corrected chi connectivity index (χ3v) is 7.55. The molecule has 2 aromatic carbocycles. The second kappa shape index (κ2) is 15.8. The SMILES string of the molecule is CC(=O)OC[C@@H](OC(C)O)[C@@H](OC(C)=O)C1O[C@](Sc2ccccc2)(C(=O)OCc2ccccc2)CC(OC(C)=O)[C@H]1N. The van der Waals surface area contributed by atoms with Gasteiger partial charge in [0.2, 0.25) is 4.93 Å². The van der Waals surface area contributed by atoms with Gasteiger partial charge in [0, 0.05) is 32.1 Å². The van der Waals surface area contributed by atoms with Crippen LogP contribution in [0.2, 0.25) is 0 Å². The molecule has 13 heteroatoms. The first-order chi connectivity index (χ1) is 20.4. The average Bonchev–Trinajstić information content (AvgIpc) is 2.95. The highest BCUT2D eigenvalue weighted by molar-refractivity contribution is 8.01. The standard InChI is InChI=1S/C30H37NO11S/c1-18(32)37-17-25(40-20(3)34)27(41-21(4)35)28-26(31)24(39-19(2)33)15-30(42-28,43-23-13-9-6-10-14-23)29(36)38-16-22-11-7-5-8-12-22/h5-14,20,24-28,34H,15-17,31H2,1-4H3/t20?,24?,25-,26-,27-,28?,30-/m1/s1. The van der Waals surface area contributed by atoms with Crippen LogP contribution in [0.5, 0.6) is 0 Å². The van der Waals surface area contributed by atoms with E-state index < -0.39 is 72.2 Å². The van der Waals surface area contributed by atoms with Crippen molar-refractivity contribution in [2.75, 3.05) is 6.61 Å². The number of esters is 4. The first-order valence-corrected chi connectivity index (χ1v) is 14.4. The normalized spacial score (nSPS) is 23.7. The minimum atomic E-state index is -1.86. The van der Waals surface area contributed by atoms with Crippen LogP contribution in [0, 0.1) is 0 Å². The van der Waals surface area contributed by atoms with Crippen LogP contribution in [0.15, 0.2) is 65.6 Å². The number of rotatable bonds is 13. The maximum atomic E-state index is 14.0. The number of carbonyl (C=O) groups is 4.